The van der Waals surface area contributed by atoms with Crippen LogP contribution in [0.25, 0.3) is 0 Å². The van der Waals surface area contributed by atoms with Crippen molar-refractivity contribution in [3.63, 3.8) is 0 Å². The average molecular weight is 437 g/mol. The molecule has 0 spiro atoms. The van der Waals surface area contributed by atoms with E-state index in [1.165, 1.54) is 10.9 Å². The van der Waals surface area contributed by atoms with Crippen LogP contribution in [0.1, 0.15) is 12.0 Å². The zero-order chi connectivity index (χ0) is 22.2. The van der Waals surface area contributed by atoms with Gasteiger partial charge in [-0.2, -0.15) is 23.3 Å². The number of aromatic nitrogens is 4. The van der Waals surface area contributed by atoms with Gasteiger partial charge in [-0.3, -0.25) is 9.48 Å². The van der Waals surface area contributed by atoms with Crippen molar-refractivity contribution in [2.45, 2.75) is 18.6 Å². The molecule has 0 aliphatic heterocycles. The van der Waals surface area contributed by atoms with Crippen molar-refractivity contribution in [2.24, 2.45) is 24.8 Å². The predicted molar refractivity (Wildman–Crippen MR) is 105 cm³/mol. The van der Waals surface area contributed by atoms with E-state index in [0.29, 0.717) is 12.1 Å². The lowest BCUT2D eigenvalue weighted by molar-refractivity contribution is -0.137. The van der Waals surface area contributed by atoms with Crippen molar-refractivity contribution in [2.75, 3.05) is 23.8 Å². The second kappa shape index (κ2) is 8.17. The number of fused-ring (bicyclic) bond motifs is 2. The van der Waals surface area contributed by atoms with Crippen LogP contribution in [0.5, 0.6) is 0 Å². The van der Waals surface area contributed by atoms with Crippen molar-refractivity contribution < 1.29 is 23.1 Å². The molecule has 2 aliphatic carbocycles. The molecule has 1 saturated carbocycles. The number of aliphatic hydroxyl groups excluding tert-OH is 1. The molecule has 1 fully saturated rings. The molecule has 2 aromatic rings. The molecule has 4 rings (SSSR count). The molecule has 0 radical (unpaired) electrons. The summed E-state index contributed by atoms with van der Waals surface area (Å²) in [5.41, 5.74) is -0.483. The minimum Gasteiger partial charge on any atom is -0.395 e. The van der Waals surface area contributed by atoms with Gasteiger partial charge >= 0.3 is 6.18 Å². The number of rotatable bonds is 7. The molecule has 0 aromatic carbocycles. The zero-order valence-electron chi connectivity index (χ0n) is 16.6. The standard InChI is InChI=1S/C19H22F3N7O2/c1-29-9-12(7-25-29)26-18-24-8-13(19(20,21)22)16(28-18)27-15-11-3-2-10(6-11)14(15)17(31)23-4-5-30/h2-3,7-11,14-15,30H,4-6H2,1H3,(H,23,31)(H2,24,26,27,28)/t10-,11-,14-,15+/m1/s1. The van der Waals surface area contributed by atoms with E-state index in [2.05, 4.69) is 31.0 Å². The van der Waals surface area contributed by atoms with Gasteiger partial charge < -0.3 is 21.1 Å². The Kier molecular flexibility index (Phi) is 5.56. The second-order valence-corrected chi connectivity index (χ2v) is 7.64. The fourth-order valence-corrected chi connectivity index (χ4v) is 4.21. The molecule has 12 heteroatoms. The summed E-state index contributed by atoms with van der Waals surface area (Å²) in [7, 11) is 1.70. The number of carbonyl (C=O) groups excluding carboxylic acids is 1. The molecule has 0 saturated heterocycles. The molecule has 2 bridgehead atoms. The van der Waals surface area contributed by atoms with Crippen LogP contribution in [0.4, 0.5) is 30.6 Å². The first-order valence-corrected chi connectivity index (χ1v) is 9.79. The Hall–Kier alpha value is -3.15. The molecule has 9 nitrogen and oxygen atoms in total. The van der Waals surface area contributed by atoms with E-state index in [4.69, 9.17) is 5.11 Å². The number of hydrogen-bond acceptors (Lipinski definition) is 7. The summed E-state index contributed by atoms with van der Waals surface area (Å²) >= 11 is 0. The van der Waals surface area contributed by atoms with Crippen LogP contribution in [0.3, 0.4) is 0 Å². The third-order valence-corrected chi connectivity index (χ3v) is 5.53. The number of aryl methyl sites for hydroxylation is 1. The van der Waals surface area contributed by atoms with Gasteiger partial charge in [0, 0.05) is 32.0 Å². The van der Waals surface area contributed by atoms with E-state index in [0.717, 1.165) is 6.20 Å². The van der Waals surface area contributed by atoms with Crippen molar-refractivity contribution >= 4 is 23.4 Å². The van der Waals surface area contributed by atoms with Gasteiger partial charge in [0.1, 0.15) is 11.4 Å². The van der Waals surface area contributed by atoms with Gasteiger partial charge in [-0.15, -0.1) is 0 Å². The number of carbonyl (C=O) groups is 1. The highest BCUT2D eigenvalue weighted by molar-refractivity contribution is 5.81. The number of allylic oxidation sites excluding steroid dienone is 1. The van der Waals surface area contributed by atoms with Crippen LogP contribution in [0, 0.1) is 17.8 Å². The number of aliphatic hydroxyl groups is 1. The highest BCUT2D eigenvalue weighted by Crippen LogP contribution is 2.46. The van der Waals surface area contributed by atoms with E-state index in [1.807, 2.05) is 12.2 Å². The number of halogens is 3. The molecule has 4 atom stereocenters. The van der Waals surface area contributed by atoms with Crippen molar-refractivity contribution in [3.8, 4) is 0 Å². The summed E-state index contributed by atoms with van der Waals surface area (Å²) in [6.45, 7) is -0.127. The van der Waals surface area contributed by atoms with Gasteiger partial charge in [0.2, 0.25) is 11.9 Å². The maximum Gasteiger partial charge on any atom is 0.421 e. The van der Waals surface area contributed by atoms with Gasteiger partial charge in [-0.25, -0.2) is 4.98 Å². The molecule has 166 valence electrons. The van der Waals surface area contributed by atoms with Crippen LogP contribution in [-0.4, -0.2) is 50.0 Å². The van der Waals surface area contributed by atoms with Crippen LogP contribution in [0.2, 0.25) is 0 Å². The third kappa shape index (κ3) is 4.33. The van der Waals surface area contributed by atoms with E-state index in [1.54, 1.807) is 13.2 Å². The molecule has 2 aliphatic rings. The fraction of sp³-hybridized carbons (Fsp3) is 0.474. The Balaban J connectivity index is 1.62. The molecule has 1 amide bonds. The zero-order valence-corrected chi connectivity index (χ0v) is 16.6. The van der Waals surface area contributed by atoms with Crippen LogP contribution < -0.4 is 16.0 Å². The van der Waals surface area contributed by atoms with Gasteiger partial charge in [0.05, 0.1) is 24.4 Å². The van der Waals surface area contributed by atoms with Gasteiger partial charge in [0.25, 0.3) is 0 Å². The maximum atomic E-state index is 13.6. The minimum atomic E-state index is -4.67. The van der Waals surface area contributed by atoms with Crippen molar-refractivity contribution in [1.82, 2.24) is 25.1 Å². The molecule has 4 N–H and O–H groups in total. The number of amides is 1. The van der Waals surface area contributed by atoms with Gasteiger partial charge in [-0.1, -0.05) is 12.2 Å². The molecule has 31 heavy (non-hydrogen) atoms. The lowest BCUT2D eigenvalue weighted by Crippen LogP contribution is -2.44. The summed E-state index contributed by atoms with van der Waals surface area (Å²) in [5.74, 6) is -1.46. The van der Waals surface area contributed by atoms with Gasteiger partial charge in [0.15, 0.2) is 0 Å². The summed E-state index contributed by atoms with van der Waals surface area (Å²) in [4.78, 5) is 20.5. The highest BCUT2D eigenvalue weighted by Gasteiger charge is 2.49. The number of anilines is 3. The quantitative estimate of drug-likeness (QED) is 0.487. The summed E-state index contributed by atoms with van der Waals surface area (Å²) in [6, 6.07) is -0.559. The van der Waals surface area contributed by atoms with E-state index >= 15 is 0 Å². The number of nitrogens with one attached hydrogen (secondary N) is 3. The van der Waals surface area contributed by atoms with Crippen LogP contribution >= 0.6 is 0 Å². The Bertz CT molecular complexity index is 991. The normalized spacial score (nSPS) is 24.4. The van der Waals surface area contributed by atoms with Crippen molar-refractivity contribution in [1.29, 1.82) is 0 Å². The fourth-order valence-electron chi connectivity index (χ4n) is 4.21. The van der Waals surface area contributed by atoms with Crippen LogP contribution in [0.15, 0.2) is 30.7 Å². The van der Waals surface area contributed by atoms with Crippen LogP contribution in [-0.2, 0) is 18.0 Å². The molecular weight excluding hydrogens is 415 g/mol. The maximum absolute atomic E-state index is 13.6. The smallest absolute Gasteiger partial charge is 0.395 e. The van der Waals surface area contributed by atoms with Gasteiger partial charge in [-0.05, 0) is 18.3 Å². The Labute approximate surface area is 175 Å². The average Bonchev–Trinajstić information content (AvgIpc) is 3.42. The summed E-state index contributed by atoms with van der Waals surface area (Å²) in [5, 5.41) is 21.3. The minimum absolute atomic E-state index is 0.0246. The monoisotopic (exact) mass is 437 g/mol. The first-order valence-electron chi connectivity index (χ1n) is 9.79. The van der Waals surface area contributed by atoms with E-state index < -0.39 is 23.7 Å². The molecular formula is C19H22F3N7O2. The summed E-state index contributed by atoms with van der Waals surface area (Å²) in [6.07, 6.45) is 3.69. The lowest BCUT2D eigenvalue weighted by Gasteiger charge is -2.29. The third-order valence-electron chi connectivity index (χ3n) is 5.53. The highest BCUT2D eigenvalue weighted by atomic mass is 19.4. The number of hydrogen-bond donors (Lipinski definition) is 4. The molecule has 0 unspecified atom stereocenters. The molecule has 2 aromatic heterocycles. The number of nitrogens with zero attached hydrogens (tertiary/aromatic N) is 4. The topological polar surface area (TPSA) is 117 Å². The van der Waals surface area contributed by atoms with Crippen molar-refractivity contribution in [3.05, 3.63) is 36.3 Å². The first-order chi connectivity index (χ1) is 14.8. The Morgan fingerprint density at radius 2 is 2.06 bits per heavy atom. The van der Waals surface area contributed by atoms with E-state index in [-0.39, 0.29) is 42.7 Å². The first kappa shape index (κ1) is 21.1. The lowest BCUT2D eigenvalue weighted by atomic mass is 9.88. The largest absolute Gasteiger partial charge is 0.421 e. The Morgan fingerprint density at radius 3 is 2.74 bits per heavy atom. The SMILES string of the molecule is Cn1cc(Nc2ncc(C(F)(F)F)c(N[C@@H]3[C@H](C(=O)NCCO)[C@@H]4C=C[C@@H]3C4)n2)cn1. The second-order valence-electron chi connectivity index (χ2n) is 7.64. The van der Waals surface area contributed by atoms with E-state index in [9.17, 15) is 18.0 Å². The molecule has 2 heterocycles. The Morgan fingerprint density at radius 1 is 1.29 bits per heavy atom. The predicted octanol–water partition coefficient (Wildman–Crippen LogP) is 1.68. The summed E-state index contributed by atoms with van der Waals surface area (Å²) < 4.78 is 42.4. The number of alkyl halides is 3.